The average molecular weight is 623 g/mol. The Morgan fingerprint density at radius 3 is 1.27 bits per heavy atom. The van der Waals surface area contributed by atoms with Crippen molar-refractivity contribution in [2.75, 3.05) is 0 Å². The largest absolute Gasteiger partial charge is 0.0622 e. The number of fused-ring (bicyclic) bond motifs is 10. The van der Waals surface area contributed by atoms with Crippen LogP contribution in [0.15, 0.2) is 170 Å². The number of hydrogen-bond acceptors (Lipinski definition) is 0. The molecule has 9 aromatic rings. The summed E-state index contributed by atoms with van der Waals surface area (Å²) in [6.07, 6.45) is 0. The smallest absolute Gasteiger partial charge is 0.0159 e. The summed E-state index contributed by atoms with van der Waals surface area (Å²) in [6, 6.07) is 63.2. The van der Waals surface area contributed by atoms with Crippen molar-refractivity contribution in [2.24, 2.45) is 0 Å². The third kappa shape index (κ3) is 4.31. The van der Waals surface area contributed by atoms with E-state index in [2.05, 4.69) is 184 Å². The Kier molecular flexibility index (Phi) is 6.02. The first-order valence-corrected chi connectivity index (χ1v) is 17.3. The van der Waals surface area contributed by atoms with E-state index < -0.39 is 0 Å². The van der Waals surface area contributed by atoms with Crippen LogP contribution >= 0.6 is 0 Å². The van der Waals surface area contributed by atoms with Crippen molar-refractivity contribution in [3.63, 3.8) is 0 Å². The van der Waals surface area contributed by atoms with Crippen LogP contribution in [0.3, 0.4) is 0 Å². The van der Waals surface area contributed by atoms with Crippen molar-refractivity contribution in [1.82, 2.24) is 0 Å². The Hall–Kier alpha value is -5.98. The van der Waals surface area contributed by atoms with E-state index in [1.165, 1.54) is 98.7 Å². The van der Waals surface area contributed by atoms with Crippen LogP contribution in [0.5, 0.6) is 0 Å². The number of benzene rings is 9. The summed E-state index contributed by atoms with van der Waals surface area (Å²) in [5.74, 6) is 0. The molecule has 0 spiro atoms. The lowest BCUT2D eigenvalue weighted by atomic mass is 9.81. The number of hydrogen-bond donors (Lipinski definition) is 0. The van der Waals surface area contributed by atoms with Crippen molar-refractivity contribution < 1.29 is 0 Å². The maximum atomic E-state index is 2.43. The molecule has 0 saturated carbocycles. The molecule has 0 bridgehead atoms. The Balaban J connectivity index is 1.05. The maximum Gasteiger partial charge on any atom is 0.0159 e. The molecule has 0 aliphatic heterocycles. The van der Waals surface area contributed by atoms with Crippen molar-refractivity contribution >= 4 is 43.1 Å². The molecule has 0 amide bonds. The minimum Gasteiger partial charge on any atom is -0.0622 e. The van der Waals surface area contributed by atoms with E-state index in [1.54, 1.807) is 0 Å². The molecule has 0 heteroatoms. The van der Waals surface area contributed by atoms with E-state index >= 15 is 0 Å². The highest BCUT2D eigenvalue weighted by Crippen LogP contribution is 2.50. The van der Waals surface area contributed by atoms with Gasteiger partial charge in [0.05, 0.1) is 0 Å². The molecule has 1 aliphatic rings. The summed E-state index contributed by atoms with van der Waals surface area (Å²) in [7, 11) is 0. The van der Waals surface area contributed by atoms with Gasteiger partial charge in [-0.15, -0.1) is 0 Å². The Labute approximate surface area is 286 Å². The van der Waals surface area contributed by atoms with Crippen LogP contribution in [0, 0.1) is 0 Å². The maximum absolute atomic E-state index is 2.43. The Morgan fingerprint density at radius 1 is 0.286 bits per heavy atom. The first kappa shape index (κ1) is 28.1. The van der Waals surface area contributed by atoms with Crippen LogP contribution in [-0.2, 0) is 5.41 Å². The lowest BCUT2D eigenvalue weighted by Gasteiger charge is -2.22. The molecular formula is C49H34. The van der Waals surface area contributed by atoms with Gasteiger partial charge in [-0.2, -0.15) is 0 Å². The summed E-state index contributed by atoms with van der Waals surface area (Å²) < 4.78 is 0. The third-order valence-electron chi connectivity index (χ3n) is 11.0. The highest BCUT2D eigenvalue weighted by atomic mass is 14.4. The summed E-state index contributed by atoms with van der Waals surface area (Å²) in [4.78, 5) is 0. The molecule has 0 radical (unpaired) electrons. The summed E-state index contributed by atoms with van der Waals surface area (Å²) in [6.45, 7) is 4.75. The zero-order chi connectivity index (χ0) is 32.7. The van der Waals surface area contributed by atoms with Crippen LogP contribution in [0.1, 0.15) is 25.0 Å². The summed E-state index contributed by atoms with van der Waals surface area (Å²) in [5, 5.41) is 10.4. The molecule has 1 aliphatic carbocycles. The molecule has 0 unspecified atom stereocenters. The highest BCUT2D eigenvalue weighted by molar-refractivity contribution is 6.25. The van der Waals surface area contributed by atoms with Gasteiger partial charge < -0.3 is 0 Å². The number of rotatable bonds is 3. The lowest BCUT2D eigenvalue weighted by molar-refractivity contribution is 0.661. The van der Waals surface area contributed by atoms with Crippen LogP contribution in [-0.4, -0.2) is 0 Å². The first-order chi connectivity index (χ1) is 24.0. The highest BCUT2D eigenvalue weighted by Gasteiger charge is 2.35. The fourth-order valence-corrected chi connectivity index (χ4v) is 8.42. The standard InChI is InChI=1S/C49H34/c1-49(2)47-29-36(31-10-4-3-5-11-31)21-24-44(47)45-25-22-37(30-48(45)49)34-19-17-32-16-18-33(26-38(32)27-34)35-20-23-43-41-14-7-6-12-39(41)40-13-8-9-15-42(40)46(43)28-35/h3-30H,1-2H3. The van der Waals surface area contributed by atoms with Gasteiger partial charge in [0.1, 0.15) is 0 Å². The van der Waals surface area contributed by atoms with Crippen LogP contribution in [0.4, 0.5) is 0 Å². The first-order valence-electron chi connectivity index (χ1n) is 17.3. The molecular weight excluding hydrogens is 589 g/mol. The normalized spacial score (nSPS) is 13.3. The van der Waals surface area contributed by atoms with Gasteiger partial charge >= 0.3 is 0 Å². The Morgan fingerprint density at radius 2 is 0.694 bits per heavy atom. The fourth-order valence-electron chi connectivity index (χ4n) is 8.42. The monoisotopic (exact) mass is 622 g/mol. The minimum absolute atomic E-state index is 0.0823. The van der Waals surface area contributed by atoms with E-state index in [-0.39, 0.29) is 5.41 Å². The van der Waals surface area contributed by atoms with Crippen LogP contribution in [0.25, 0.3) is 87.6 Å². The second kappa shape index (κ2) is 10.5. The second-order valence-electron chi connectivity index (χ2n) is 14.1. The molecule has 0 atom stereocenters. The molecule has 0 nitrogen and oxygen atoms in total. The van der Waals surface area contributed by atoms with Gasteiger partial charge in [-0.05, 0) is 129 Å². The van der Waals surface area contributed by atoms with E-state index in [4.69, 9.17) is 0 Å². The third-order valence-corrected chi connectivity index (χ3v) is 11.0. The lowest BCUT2D eigenvalue weighted by Crippen LogP contribution is -2.15. The second-order valence-corrected chi connectivity index (χ2v) is 14.1. The van der Waals surface area contributed by atoms with Crippen molar-refractivity contribution in [3.05, 3.63) is 181 Å². The van der Waals surface area contributed by atoms with E-state index in [1.807, 2.05) is 0 Å². The van der Waals surface area contributed by atoms with Gasteiger partial charge in [-0.1, -0.05) is 153 Å². The molecule has 0 N–H and O–H groups in total. The minimum atomic E-state index is -0.0823. The summed E-state index contributed by atoms with van der Waals surface area (Å²) >= 11 is 0. The van der Waals surface area contributed by atoms with E-state index in [9.17, 15) is 0 Å². The predicted molar refractivity (Wildman–Crippen MR) is 210 cm³/mol. The summed E-state index contributed by atoms with van der Waals surface area (Å²) in [5.41, 5.74) is 13.0. The average Bonchev–Trinajstić information content (AvgIpc) is 3.39. The van der Waals surface area contributed by atoms with Crippen molar-refractivity contribution in [3.8, 4) is 44.5 Å². The van der Waals surface area contributed by atoms with Crippen LogP contribution < -0.4 is 0 Å². The molecule has 0 heterocycles. The quantitative estimate of drug-likeness (QED) is 0.172. The van der Waals surface area contributed by atoms with Gasteiger partial charge in [-0.3, -0.25) is 0 Å². The van der Waals surface area contributed by atoms with E-state index in [0.717, 1.165) is 0 Å². The van der Waals surface area contributed by atoms with Gasteiger partial charge in [-0.25, -0.2) is 0 Å². The fraction of sp³-hybridized carbons (Fsp3) is 0.0612. The topological polar surface area (TPSA) is 0 Å². The van der Waals surface area contributed by atoms with Gasteiger partial charge in [0.25, 0.3) is 0 Å². The zero-order valence-corrected chi connectivity index (χ0v) is 27.7. The van der Waals surface area contributed by atoms with Gasteiger partial charge in [0.2, 0.25) is 0 Å². The molecule has 0 fully saturated rings. The van der Waals surface area contributed by atoms with Crippen LogP contribution in [0.2, 0.25) is 0 Å². The molecule has 0 aromatic heterocycles. The molecule has 10 rings (SSSR count). The van der Waals surface area contributed by atoms with Crippen molar-refractivity contribution in [1.29, 1.82) is 0 Å². The van der Waals surface area contributed by atoms with Crippen molar-refractivity contribution in [2.45, 2.75) is 19.3 Å². The molecule has 49 heavy (non-hydrogen) atoms. The SMILES string of the molecule is CC1(C)c2cc(-c3ccccc3)ccc2-c2ccc(-c3ccc4ccc(-c5ccc6c7ccccc7c7ccccc7c6c5)cc4c3)cc21. The molecule has 230 valence electrons. The zero-order valence-electron chi connectivity index (χ0n) is 27.7. The molecule has 9 aromatic carbocycles. The predicted octanol–water partition coefficient (Wildman–Crippen LogP) is 13.6. The van der Waals surface area contributed by atoms with Gasteiger partial charge in [0.15, 0.2) is 0 Å². The molecule has 0 saturated heterocycles. The Bertz CT molecular complexity index is 2750. The van der Waals surface area contributed by atoms with Gasteiger partial charge in [0, 0.05) is 5.41 Å². The van der Waals surface area contributed by atoms with E-state index in [0.29, 0.717) is 0 Å².